The van der Waals surface area contributed by atoms with Crippen molar-refractivity contribution in [3.8, 4) is 0 Å². The van der Waals surface area contributed by atoms with Crippen molar-refractivity contribution in [2.75, 3.05) is 12.8 Å². The SMILES string of the molecule is C=NN(C)/C(=C\C)c1cc(N)cc([N+](=O)[O-])c1. The minimum absolute atomic E-state index is 0.0446. The quantitative estimate of drug-likeness (QED) is 0.374. The number of hydrogen-bond acceptors (Lipinski definition) is 5. The molecule has 17 heavy (non-hydrogen) atoms. The van der Waals surface area contributed by atoms with Gasteiger partial charge in [-0.05, 0) is 13.0 Å². The monoisotopic (exact) mass is 234 g/mol. The van der Waals surface area contributed by atoms with E-state index in [0.29, 0.717) is 16.9 Å². The van der Waals surface area contributed by atoms with Gasteiger partial charge in [0.1, 0.15) is 0 Å². The highest BCUT2D eigenvalue weighted by Crippen LogP contribution is 2.25. The third-order valence-corrected chi connectivity index (χ3v) is 2.28. The number of nitrogens with zero attached hydrogens (tertiary/aromatic N) is 3. The van der Waals surface area contributed by atoms with Crippen LogP contribution in [0.5, 0.6) is 0 Å². The number of anilines is 1. The second-order valence-corrected chi connectivity index (χ2v) is 3.41. The lowest BCUT2D eigenvalue weighted by molar-refractivity contribution is -0.384. The third-order valence-electron chi connectivity index (χ3n) is 2.28. The van der Waals surface area contributed by atoms with Crippen molar-refractivity contribution in [1.82, 2.24) is 5.01 Å². The lowest BCUT2D eigenvalue weighted by Gasteiger charge is -2.16. The number of nitro benzene ring substituents is 1. The van der Waals surface area contributed by atoms with Crippen LogP contribution < -0.4 is 5.73 Å². The van der Waals surface area contributed by atoms with E-state index in [-0.39, 0.29) is 5.69 Å². The first kappa shape index (κ1) is 12.7. The molecule has 0 aliphatic rings. The van der Waals surface area contributed by atoms with Crippen LogP contribution in [0.2, 0.25) is 0 Å². The Morgan fingerprint density at radius 1 is 1.59 bits per heavy atom. The maximum atomic E-state index is 10.7. The fourth-order valence-corrected chi connectivity index (χ4v) is 1.50. The van der Waals surface area contributed by atoms with Gasteiger partial charge in [-0.1, -0.05) is 6.08 Å². The summed E-state index contributed by atoms with van der Waals surface area (Å²) < 4.78 is 0. The fraction of sp³-hybridized carbons (Fsp3) is 0.182. The van der Waals surface area contributed by atoms with Crippen LogP contribution in [0.1, 0.15) is 12.5 Å². The van der Waals surface area contributed by atoms with Gasteiger partial charge in [-0.15, -0.1) is 0 Å². The Balaban J connectivity index is 3.30. The largest absolute Gasteiger partial charge is 0.399 e. The minimum atomic E-state index is -0.478. The van der Waals surface area contributed by atoms with Crippen LogP contribution in [-0.2, 0) is 0 Å². The summed E-state index contributed by atoms with van der Waals surface area (Å²) in [6.45, 7) is 5.22. The standard InChI is InChI=1S/C11H14N4O2/c1-4-11(14(3)13-2)8-5-9(12)7-10(6-8)15(16)17/h4-7H,2,12H2,1,3H3/b11-4-. The van der Waals surface area contributed by atoms with Crippen molar-refractivity contribution in [3.05, 3.63) is 40.0 Å². The lowest BCUT2D eigenvalue weighted by atomic mass is 10.1. The smallest absolute Gasteiger partial charge is 0.272 e. The first-order valence-electron chi connectivity index (χ1n) is 4.91. The number of hydrogen-bond donors (Lipinski definition) is 1. The highest BCUT2D eigenvalue weighted by atomic mass is 16.6. The van der Waals surface area contributed by atoms with E-state index in [4.69, 9.17) is 5.73 Å². The Morgan fingerprint density at radius 2 is 2.24 bits per heavy atom. The van der Waals surface area contributed by atoms with Gasteiger partial charge in [0.05, 0.1) is 10.6 Å². The number of nitro groups is 1. The Kier molecular flexibility index (Phi) is 3.82. The summed E-state index contributed by atoms with van der Waals surface area (Å²) >= 11 is 0. The zero-order valence-corrected chi connectivity index (χ0v) is 9.75. The average Bonchev–Trinajstić information content (AvgIpc) is 2.28. The average molecular weight is 234 g/mol. The molecule has 0 saturated carbocycles. The Bertz CT molecular complexity index is 482. The number of hydrazone groups is 1. The molecule has 1 aromatic rings. The van der Waals surface area contributed by atoms with Crippen molar-refractivity contribution < 1.29 is 4.92 Å². The molecule has 6 heteroatoms. The predicted octanol–water partition coefficient (Wildman–Crippen LogP) is 2.09. The molecular weight excluding hydrogens is 220 g/mol. The van der Waals surface area contributed by atoms with Crippen molar-refractivity contribution in [2.45, 2.75) is 6.92 Å². The summed E-state index contributed by atoms with van der Waals surface area (Å²) in [5.41, 5.74) is 7.27. The Morgan fingerprint density at radius 3 is 2.71 bits per heavy atom. The van der Waals surface area contributed by atoms with E-state index in [1.165, 1.54) is 17.1 Å². The van der Waals surface area contributed by atoms with E-state index in [2.05, 4.69) is 11.8 Å². The van der Waals surface area contributed by atoms with E-state index >= 15 is 0 Å². The molecule has 0 bridgehead atoms. The van der Waals surface area contributed by atoms with Gasteiger partial charge in [-0.3, -0.25) is 15.1 Å². The van der Waals surface area contributed by atoms with Crippen LogP contribution in [-0.4, -0.2) is 23.7 Å². The van der Waals surface area contributed by atoms with Crippen molar-refractivity contribution in [3.63, 3.8) is 0 Å². The molecule has 0 amide bonds. The first-order chi connectivity index (χ1) is 7.99. The molecule has 6 nitrogen and oxygen atoms in total. The van der Waals surface area contributed by atoms with E-state index in [9.17, 15) is 10.1 Å². The second-order valence-electron chi connectivity index (χ2n) is 3.41. The van der Waals surface area contributed by atoms with Gasteiger partial charge in [-0.25, -0.2) is 0 Å². The van der Waals surface area contributed by atoms with Crippen LogP contribution in [0.3, 0.4) is 0 Å². The number of rotatable bonds is 4. The van der Waals surface area contributed by atoms with Gasteiger partial charge in [0, 0.05) is 37.1 Å². The van der Waals surface area contributed by atoms with Gasteiger partial charge in [0.15, 0.2) is 0 Å². The minimum Gasteiger partial charge on any atom is -0.399 e. The van der Waals surface area contributed by atoms with Crippen molar-refractivity contribution >= 4 is 23.8 Å². The topological polar surface area (TPSA) is 84.8 Å². The molecule has 0 spiro atoms. The van der Waals surface area contributed by atoms with E-state index in [1.807, 2.05) is 6.92 Å². The maximum absolute atomic E-state index is 10.7. The predicted molar refractivity (Wildman–Crippen MR) is 68.5 cm³/mol. The first-order valence-corrected chi connectivity index (χ1v) is 4.91. The van der Waals surface area contributed by atoms with Gasteiger partial charge < -0.3 is 5.73 Å². The van der Waals surface area contributed by atoms with E-state index in [0.717, 1.165) is 0 Å². The van der Waals surface area contributed by atoms with Crippen molar-refractivity contribution in [2.24, 2.45) is 5.10 Å². The molecule has 0 fully saturated rings. The van der Waals surface area contributed by atoms with Gasteiger partial charge in [0.25, 0.3) is 5.69 Å². The summed E-state index contributed by atoms with van der Waals surface area (Å²) in [5, 5.41) is 16.0. The number of nitrogen functional groups attached to an aromatic ring is 1. The molecule has 1 aromatic carbocycles. The number of benzene rings is 1. The molecule has 1 rings (SSSR count). The number of nitrogens with two attached hydrogens (primary N) is 1. The van der Waals surface area contributed by atoms with Gasteiger partial charge in [0.2, 0.25) is 0 Å². The van der Waals surface area contributed by atoms with Crippen LogP contribution in [0.15, 0.2) is 29.4 Å². The van der Waals surface area contributed by atoms with E-state index in [1.54, 1.807) is 19.2 Å². The van der Waals surface area contributed by atoms with Gasteiger partial charge >= 0.3 is 0 Å². The second kappa shape index (κ2) is 5.11. The molecule has 2 N–H and O–H groups in total. The third kappa shape index (κ3) is 2.81. The summed E-state index contributed by atoms with van der Waals surface area (Å²) in [5.74, 6) is 0. The molecule has 0 saturated heterocycles. The van der Waals surface area contributed by atoms with Crippen molar-refractivity contribution in [1.29, 1.82) is 0 Å². The van der Waals surface area contributed by atoms with Crippen LogP contribution >= 0.6 is 0 Å². The molecule has 0 radical (unpaired) electrons. The summed E-state index contributed by atoms with van der Waals surface area (Å²) in [7, 11) is 1.71. The molecule has 0 atom stereocenters. The molecule has 0 aliphatic carbocycles. The number of allylic oxidation sites excluding steroid dienone is 1. The molecular formula is C11H14N4O2. The van der Waals surface area contributed by atoms with Crippen LogP contribution in [0.25, 0.3) is 5.70 Å². The molecule has 0 heterocycles. The van der Waals surface area contributed by atoms with E-state index < -0.39 is 4.92 Å². The normalized spacial score (nSPS) is 11.1. The zero-order chi connectivity index (χ0) is 13.0. The van der Waals surface area contributed by atoms with Crippen LogP contribution in [0.4, 0.5) is 11.4 Å². The fourth-order valence-electron chi connectivity index (χ4n) is 1.50. The Labute approximate surface area is 99.2 Å². The highest BCUT2D eigenvalue weighted by Gasteiger charge is 2.12. The Hall–Kier alpha value is -2.37. The molecule has 0 unspecified atom stereocenters. The summed E-state index contributed by atoms with van der Waals surface area (Å²) in [6.07, 6.45) is 1.78. The molecule has 0 aliphatic heterocycles. The molecule has 90 valence electrons. The van der Waals surface area contributed by atoms with Crippen LogP contribution in [0, 0.1) is 10.1 Å². The highest BCUT2D eigenvalue weighted by molar-refractivity contribution is 5.69. The summed E-state index contributed by atoms with van der Waals surface area (Å²) in [4.78, 5) is 10.3. The molecule has 0 aromatic heterocycles. The zero-order valence-electron chi connectivity index (χ0n) is 9.75. The number of non-ortho nitro benzene ring substituents is 1. The maximum Gasteiger partial charge on any atom is 0.272 e. The lowest BCUT2D eigenvalue weighted by Crippen LogP contribution is -2.09. The summed E-state index contributed by atoms with van der Waals surface area (Å²) in [6, 6.07) is 4.43. The van der Waals surface area contributed by atoms with Gasteiger partial charge in [-0.2, -0.15) is 5.10 Å².